The predicted molar refractivity (Wildman–Crippen MR) is 60.0 cm³/mol. The van der Waals surface area contributed by atoms with Crippen LogP contribution in [-0.2, 0) is 16.0 Å². The van der Waals surface area contributed by atoms with Crippen LogP contribution >= 0.6 is 0 Å². The summed E-state index contributed by atoms with van der Waals surface area (Å²) < 4.78 is 4.52. The smallest absolute Gasteiger partial charge is 0.341 e. The minimum atomic E-state index is -0.881. The second-order valence-corrected chi connectivity index (χ2v) is 3.55. The number of aliphatic carboxylic acids is 1. The van der Waals surface area contributed by atoms with E-state index < -0.39 is 11.9 Å². The molecule has 0 heterocycles. The highest BCUT2D eigenvalue weighted by Crippen LogP contribution is 2.24. The van der Waals surface area contributed by atoms with Crippen molar-refractivity contribution in [1.29, 1.82) is 0 Å². The first kappa shape index (κ1) is 13.0. The molecule has 1 rings (SSSR count). The molecule has 0 aliphatic rings. The lowest BCUT2D eigenvalue weighted by Crippen LogP contribution is -2.03. The topological polar surface area (TPSA) is 83.8 Å². The van der Waals surface area contributed by atoms with E-state index in [4.69, 9.17) is 5.11 Å². The van der Waals surface area contributed by atoms with E-state index in [1.165, 1.54) is 13.2 Å². The Balaban J connectivity index is 2.80. The van der Waals surface area contributed by atoms with Crippen LogP contribution < -0.4 is 0 Å². The molecule has 0 radical (unpaired) electrons. The van der Waals surface area contributed by atoms with Crippen molar-refractivity contribution in [2.24, 2.45) is 0 Å². The summed E-state index contributed by atoms with van der Waals surface area (Å²) in [4.78, 5) is 21.7. The van der Waals surface area contributed by atoms with Gasteiger partial charge in [0.1, 0.15) is 11.3 Å². The van der Waals surface area contributed by atoms with Gasteiger partial charge in [-0.05, 0) is 24.5 Å². The van der Waals surface area contributed by atoms with Gasteiger partial charge >= 0.3 is 11.9 Å². The summed E-state index contributed by atoms with van der Waals surface area (Å²) in [5, 5.41) is 18.3. The second kappa shape index (κ2) is 5.89. The molecule has 0 spiro atoms. The number of methoxy groups -OCH3 is 1. The molecule has 2 N–H and O–H groups in total. The molecule has 0 atom stereocenters. The van der Waals surface area contributed by atoms with Crippen molar-refractivity contribution in [2.45, 2.75) is 19.3 Å². The van der Waals surface area contributed by atoms with E-state index in [-0.39, 0.29) is 17.7 Å². The number of aromatic hydroxyl groups is 1. The van der Waals surface area contributed by atoms with Crippen molar-refractivity contribution < 1.29 is 24.5 Å². The number of carboxylic acid groups (broad SMARTS) is 1. The Labute approximate surface area is 98.6 Å². The minimum absolute atomic E-state index is 0.0297. The van der Waals surface area contributed by atoms with Crippen molar-refractivity contribution in [3.05, 3.63) is 29.3 Å². The summed E-state index contributed by atoms with van der Waals surface area (Å²) in [7, 11) is 1.23. The van der Waals surface area contributed by atoms with E-state index in [2.05, 4.69) is 4.74 Å². The largest absolute Gasteiger partial charge is 0.507 e. The summed E-state index contributed by atoms with van der Waals surface area (Å²) in [6.07, 6.45) is 0.846. The van der Waals surface area contributed by atoms with Crippen molar-refractivity contribution in [3.63, 3.8) is 0 Å². The fourth-order valence-electron chi connectivity index (χ4n) is 1.50. The van der Waals surface area contributed by atoms with Gasteiger partial charge in [0.2, 0.25) is 0 Å². The number of hydrogen-bond acceptors (Lipinski definition) is 4. The van der Waals surface area contributed by atoms with Crippen molar-refractivity contribution in [3.8, 4) is 5.75 Å². The number of carboxylic acids is 1. The third-order valence-corrected chi connectivity index (χ3v) is 2.36. The Morgan fingerprint density at radius 1 is 1.35 bits per heavy atom. The van der Waals surface area contributed by atoms with E-state index in [9.17, 15) is 14.7 Å². The number of aryl methyl sites for hydroxylation is 1. The van der Waals surface area contributed by atoms with Crippen molar-refractivity contribution in [1.82, 2.24) is 0 Å². The first-order chi connectivity index (χ1) is 8.06. The van der Waals surface area contributed by atoms with Gasteiger partial charge < -0.3 is 14.9 Å². The molecule has 5 nitrogen and oxygen atoms in total. The molecule has 0 bridgehead atoms. The molecule has 0 unspecified atom stereocenters. The van der Waals surface area contributed by atoms with Gasteiger partial charge in [-0.15, -0.1) is 0 Å². The summed E-state index contributed by atoms with van der Waals surface area (Å²) in [5.74, 6) is -1.62. The van der Waals surface area contributed by atoms with Gasteiger partial charge in [-0.1, -0.05) is 12.1 Å². The number of esters is 1. The number of phenolic OH excluding ortho intramolecular Hbond substituents is 1. The van der Waals surface area contributed by atoms with Crippen LogP contribution in [0.15, 0.2) is 18.2 Å². The molecule has 0 aliphatic carbocycles. The maximum atomic E-state index is 11.3. The number of carbonyl (C=O) groups excluding carboxylic acids is 1. The highest BCUT2D eigenvalue weighted by atomic mass is 16.5. The first-order valence-electron chi connectivity index (χ1n) is 5.17. The first-order valence-corrected chi connectivity index (χ1v) is 5.17. The Kier molecular flexibility index (Phi) is 4.51. The third kappa shape index (κ3) is 3.48. The van der Waals surface area contributed by atoms with Gasteiger partial charge in [0.25, 0.3) is 0 Å². The van der Waals surface area contributed by atoms with Crippen LogP contribution in [0, 0.1) is 0 Å². The minimum Gasteiger partial charge on any atom is -0.507 e. The van der Waals surface area contributed by atoms with Gasteiger partial charge in [0, 0.05) is 6.42 Å². The second-order valence-electron chi connectivity index (χ2n) is 3.55. The summed E-state index contributed by atoms with van der Waals surface area (Å²) >= 11 is 0. The number of para-hydroxylation sites is 1. The zero-order valence-electron chi connectivity index (χ0n) is 9.47. The van der Waals surface area contributed by atoms with Crippen LogP contribution in [0.4, 0.5) is 0 Å². The zero-order chi connectivity index (χ0) is 12.8. The number of carbonyl (C=O) groups is 2. The van der Waals surface area contributed by atoms with Gasteiger partial charge in [-0.2, -0.15) is 0 Å². The van der Waals surface area contributed by atoms with Crippen LogP contribution in [0.3, 0.4) is 0 Å². The molecule has 0 fully saturated rings. The predicted octanol–water partition coefficient (Wildman–Crippen LogP) is 1.59. The van der Waals surface area contributed by atoms with Crippen LogP contribution in [0.5, 0.6) is 5.75 Å². The van der Waals surface area contributed by atoms with Gasteiger partial charge in [-0.3, -0.25) is 4.79 Å². The molecular formula is C12H14O5. The number of rotatable bonds is 5. The summed E-state index contributed by atoms with van der Waals surface area (Å²) in [6.45, 7) is 0. The van der Waals surface area contributed by atoms with Crippen LogP contribution in [0.2, 0.25) is 0 Å². The maximum Gasteiger partial charge on any atom is 0.341 e. The summed E-state index contributed by atoms with van der Waals surface area (Å²) in [6, 6.07) is 4.74. The molecule has 0 aliphatic heterocycles. The van der Waals surface area contributed by atoms with E-state index in [0.717, 1.165) is 0 Å². The lowest BCUT2D eigenvalue weighted by molar-refractivity contribution is -0.137. The standard InChI is InChI=1S/C12H14O5/c1-17-12(16)9-6-2-4-8(11(9)15)5-3-7-10(13)14/h2,4,6,15H,3,5,7H2,1H3,(H,13,14). The molecule has 1 aromatic carbocycles. The molecule has 17 heavy (non-hydrogen) atoms. The van der Waals surface area contributed by atoms with E-state index in [1.807, 2.05) is 0 Å². The zero-order valence-corrected chi connectivity index (χ0v) is 9.47. The fraction of sp³-hybridized carbons (Fsp3) is 0.333. The van der Waals surface area contributed by atoms with Gasteiger partial charge in [0.15, 0.2) is 0 Å². The Hall–Kier alpha value is -2.04. The normalized spacial score (nSPS) is 9.94. The molecule has 0 aromatic heterocycles. The monoisotopic (exact) mass is 238 g/mol. The van der Waals surface area contributed by atoms with Crippen molar-refractivity contribution in [2.75, 3.05) is 7.11 Å². The molecule has 0 saturated carbocycles. The Bertz CT molecular complexity index is 425. The fourth-order valence-corrected chi connectivity index (χ4v) is 1.50. The van der Waals surface area contributed by atoms with Crippen LogP contribution in [-0.4, -0.2) is 29.3 Å². The van der Waals surface area contributed by atoms with Gasteiger partial charge in [0.05, 0.1) is 7.11 Å². The summed E-state index contributed by atoms with van der Waals surface area (Å²) in [5.41, 5.74) is 0.648. The molecule has 92 valence electrons. The average Bonchev–Trinajstić information content (AvgIpc) is 2.30. The van der Waals surface area contributed by atoms with E-state index in [1.54, 1.807) is 12.1 Å². The third-order valence-electron chi connectivity index (χ3n) is 2.36. The van der Waals surface area contributed by atoms with E-state index in [0.29, 0.717) is 18.4 Å². The number of phenols is 1. The Morgan fingerprint density at radius 2 is 2.06 bits per heavy atom. The Morgan fingerprint density at radius 3 is 2.65 bits per heavy atom. The molecule has 0 saturated heterocycles. The average molecular weight is 238 g/mol. The molecule has 0 amide bonds. The van der Waals surface area contributed by atoms with Crippen molar-refractivity contribution >= 4 is 11.9 Å². The van der Waals surface area contributed by atoms with Crippen LogP contribution in [0.1, 0.15) is 28.8 Å². The number of ether oxygens (including phenoxy) is 1. The lowest BCUT2D eigenvalue weighted by atomic mass is 10.0. The number of benzene rings is 1. The molecular weight excluding hydrogens is 224 g/mol. The maximum absolute atomic E-state index is 11.3. The SMILES string of the molecule is COC(=O)c1cccc(CCCC(=O)O)c1O. The highest BCUT2D eigenvalue weighted by Gasteiger charge is 2.14. The molecule has 1 aromatic rings. The molecule has 5 heteroatoms. The quantitative estimate of drug-likeness (QED) is 0.761. The highest BCUT2D eigenvalue weighted by molar-refractivity contribution is 5.92. The van der Waals surface area contributed by atoms with Crippen LogP contribution in [0.25, 0.3) is 0 Å². The lowest BCUT2D eigenvalue weighted by Gasteiger charge is -2.07. The number of hydrogen-bond donors (Lipinski definition) is 2. The van der Waals surface area contributed by atoms with E-state index >= 15 is 0 Å². The van der Waals surface area contributed by atoms with Gasteiger partial charge in [-0.25, -0.2) is 4.79 Å².